The Hall–Kier alpha value is -2.82. The van der Waals surface area contributed by atoms with Crippen molar-refractivity contribution in [3.63, 3.8) is 0 Å². The average Bonchev–Trinajstić information content (AvgIpc) is 3.34. The number of likely N-dealkylation sites (tertiary alicyclic amines) is 1. The van der Waals surface area contributed by atoms with Crippen molar-refractivity contribution in [3.8, 4) is 11.5 Å². The molecule has 3 aliphatic rings. The Kier molecular flexibility index (Phi) is 6.65. The number of benzene rings is 1. The molecule has 0 aliphatic carbocycles. The van der Waals surface area contributed by atoms with E-state index >= 15 is 0 Å². The van der Waals surface area contributed by atoms with Gasteiger partial charge in [0.1, 0.15) is 0 Å². The Balaban J connectivity index is 1.05. The van der Waals surface area contributed by atoms with Crippen LogP contribution < -0.4 is 16.0 Å². The minimum Gasteiger partial charge on any atom is -0.420 e. The van der Waals surface area contributed by atoms with Gasteiger partial charge in [0.15, 0.2) is 0 Å². The number of carbonyl (C=O) groups is 2. The average molecular weight is 455 g/mol. The van der Waals surface area contributed by atoms with E-state index in [2.05, 4.69) is 31.0 Å². The number of amides is 2. The monoisotopic (exact) mass is 454 g/mol. The van der Waals surface area contributed by atoms with E-state index in [1.54, 1.807) is 0 Å². The molecule has 5 rings (SSSR count). The van der Waals surface area contributed by atoms with Gasteiger partial charge in [0.05, 0.1) is 31.8 Å². The molecule has 3 unspecified atom stereocenters. The molecule has 3 atom stereocenters. The minimum atomic E-state index is -0.247. The first-order valence-electron chi connectivity index (χ1n) is 11.7. The number of nitrogens with zero attached hydrogens (tertiary/aromatic N) is 3. The van der Waals surface area contributed by atoms with E-state index in [1.165, 1.54) is 0 Å². The first kappa shape index (κ1) is 22.0. The van der Waals surface area contributed by atoms with Crippen molar-refractivity contribution in [2.24, 2.45) is 5.92 Å². The maximum absolute atomic E-state index is 12.5. The summed E-state index contributed by atoms with van der Waals surface area (Å²) in [5.74, 6) is 1.24. The molecule has 0 spiro atoms. The third-order valence-corrected chi connectivity index (χ3v) is 6.69. The van der Waals surface area contributed by atoms with Crippen molar-refractivity contribution in [1.82, 2.24) is 31.0 Å². The molecule has 33 heavy (non-hydrogen) atoms. The van der Waals surface area contributed by atoms with Gasteiger partial charge in [-0.15, -0.1) is 10.2 Å². The van der Waals surface area contributed by atoms with Gasteiger partial charge in [0.25, 0.3) is 0 Å². The van der Waals surface area contributed by atoms with E-state index in [9.17, 15) is 9.59 Å². The van der Waals surface area contributed by atoms with Gasteiger partial charge in [-0.1, -0.05) is 18.2 Å². The van der Waals surface area contributed by atoms with Crippen LogP contribution in [0.5, 0.6) is 0 Å². The molecular weight excluding hydrogens is 424 g/mol. The lowest BCUT2D eigenvalue weighted by Crippen LogP contribution is -2.66. The molecule has 10 nitrogen and oxygen atoms in total. The van der Waals surface area contributed by atoms with Gasteiger partial charge >= 0.3 is 0 Å². The molecule has 2 aromatic rings. The minimum absolute atomic E-state index is 0.00350. The summed E-state index contributed by atoms with van der Waals surface area (Å²) in [5, 5.41) is 17.7. The summed E-state index contributed by atoms with van der Waals surface area (Å²) < 4.78 is 11.3. The Morgan fingerprint density at radius 1 is 1.15 bits per heavy atom. The van der Waals surface area contributed by atoms with Gasteiger partial charge in [0.2, 0.25) is 23.6 Å². The molecule has 3 aliphatic heterocycles. The van der Waals surface area contributed by atoms with Crippen molar-refractivity contribution >= 4 is 11.8 Å². The first-order valence-corrected chi connectivity index (χ1v) is 11.7. The second-order valence-corrected chi connectivity index (χ2v) is 8.97. The number of nitrogens with one attached hydrogen (secondary N) is 3. The standard InChI is InChI=1S/C23H30N6O4/c30-20(24-12-19-25-18-8-11-32-14-17(18)21(31)26-19)13-29-9-6-16(7-10-29)23-28-27-22(33-23)15-4-2-1-3-5-15/h1-5,16-19,25H,6-14H2,(H,24,30)(H,26,31). The number of piperidine rings is 1. The van der Waals surface area contributed by atoms with Crippen molar-refractivity contribution in [3.05, 3.63) is 36.2 Å². The predicted molar refractivity (Wildman–Crippen MR) is 119 cm³/mol. The molecule has 176 valence electrons. The first-order chi connectivity index (χ1) is 16.2. The van der Waals surface area contributed by atoms with Crippen LogP contribution in [-0.4, -0.2) is 78.5 Å². The lowest BCUT2D eigenvalue weighted by molar-refractivity contribution is -0.135. The van der Waals surface area contributed by atoms with Crippen LogP contribution in [-0.2, 0) is 14.3 Å². The Morgan fingerprint density at radius 2 is 1.97 bits per heavy atom. The topological polar surface area (TPSA) is 122 Å². The smallest absolute Gasteiger partial charge is 0.247 e. The van der Waals surface area contributed by atoms with Gasteiger partial charge < -0.3 is 19.8 Å². The molecule has 10 heteroatoms. The highest BCUT2D eigenvalue weighted by molar-refractivity contribution is 5.81. The van der Waals surface area contributed by atoms with E-state index in [4.69, 9.17) is 9.15 Å². The summed E-state index contributed by atoms with van der Waals surface area (Å²) in [6, 6.07) is 9.87. The maximum Gasteiger partial charge on any atom is 0.247 e. The number of carbonyl (C=O) groups excluding carboxylic acids is 2. The van der Waals surface area contributed by atoms with Gasteiger partial charge in [-0.3, -0.25) is 19.8 Å². The normalized spacial score (nSPS) is 26.4. The number of aromatic nitrogens is 2. The van der Waals surface area contributed by atoms with Crippen LogP contribution in [0, 0.1) is 5.92 Å². The molecule has 0 saturated carbocycles. The number of fused-ring (bicyclic) bond motifs is 1. The Labute approximate surface area is 192 Å². The zero-order valence-corrected chi connectivity index (χ0v) is 18.5. The number of hydrogen-bond donors (Lipinski definition) is 3. The molecule has 3 saturated heterocycles. The third-order valence-electron chi connectivity index (χ3n) is 6.69. The fourth-order valence-electron chi connectivity index (χ4n) is 4.79. The van der Waals surface area contributed by atoms with Crippen LogP contribution in [0.2, 0.25) is 0 Å². The summed E-state index contributed by atoms with van der Waals surface area (Å²) >= 11 is 0. The molecule has 4 heterocycles. The quantitative estimate of drug-likeness (QED) is 0.576. The van der Waals surface area contributed by atoms with Crippen LogP contribution in [0.15, 0.2) is 34.7 Å². The molecule has 1 aromatic heterocycles. The molecule has 0 bridgehead atoms. The molecular formula is C23H30N6O4. The Morgan fingerprint density at radius 3 is 2.79 bits per heavy atom. The number of rotatable bonds is 6. The summed E-state index contributed by atoms with van der Waals surface area (Å²) in [4.78, 5) is 26.9. The second kappa shape index (κ2) is 9.98. The van der Waals surface area contributed by atoms with Gasteiger partial charge in [0, 0.05) is 24.1 Å². The molecule has 0 radical (unpaired) electrons. The van der Waals surface area contributed by atoms with Crippen LogP contribution in [0.25, 0.3) is 11.5 Å². The highest BCUT2D eigenvalue weighted by atomic mass is 16.5. The summed E-state index contributed by atoms with van der Waals surface area (Å²) in [6.45, 7) is 3.41. The third kappa shape index (κ3) is 5.23. The van der Waals surface area contributed by atoms with Gasteiger partial charge in [-0.2, -0.15) is 0 Å². The zero-order valence-electron chi connectivity index (χ0n) is 18.5. The van der Waals surface area contributed by atoms with E-state index < -0.39 is 0 Å². The van der Waals surface area contributed by atoms with E-state index in [1.807, 2.05) is 30.3 Å². The summed E-state index contributed by atoms with van der Waals surface area (Å²) in [5.41, 5.74) is 0.918. The van der Waals surface area contributed by atoms with Gasteiger partial charge in [-0.05, 0) is 44.5 Å². The summed E-state index contributed by atoms with van der Waals surface area (Å²) in [6.07, 6.45) is 2.30. The van der Waals surface area contributed by atoms with Crippen molar-refractivity contribution in [2.75, 3.05) is 39.4 Å². The Bertz CT molecular complexity index is 959. The fraction of sp³-hybridized carbons (Fsp3) is 0.565. The van der Waals surface area contributed by atoms with Gasteiger partial charge in [-0.25, -0.2) is 0 Å². The van der Waals surface area contributed by atoms with Crippen LogP contribution in [0.1, 0.15) is 31.1 Å². The molecule has 1 aromatic carbocycles. The van der Waals surface area contributed by atoms with E-state index in [0.29, 0.717) is 38.1 Å². The van der Waals surface area contributed by atoms with E-state index in [-0.39, 0.29) is 35.9 Å². The SMILES string of the molecule is O=C(CN1CCC(c2nnc(-c3ccccc3)o2)CC1)NCC1NC(=O)C2COCCC2N1. The highest BCUT2D eigenvalue weighted by Crippen LogP contribution is 2.29. The maximum atomic E-state index is 12.5. The second-order valence-electron chi connectivity index (χ2n) is 8.97. The van der Waals surface area contributed by atoms with E-state index in [0.717, 1.165) is 37.9 Å². The molecule has 3 N–H and O–H groups in total. The zero-order chi connectivity index (χ0) is 22.6. The largest absolute Gasteiger partial charge is 0.420 e. The number of hydrogen-bond acceptors (Lipinski definition) is 8. The van der Waals surface area contributed by atoms with Crippen LogP contribution in [0.4, 0.5) is 0 Å². The van der Waals surface area contributed by atoms with Crippen molar-refractivity contribution in [1.29, 1.82) is 0 Å². The fourth-order valence-corrected chi connectivity index (χ4v) is 4.79. The lowest BCUT2D eigenvalue weighted by Gasteiger charge is -2.40. The van der Waals surface area contributed by atoms with Crippen molar-refractivity contribution < 1.29 is 18.7 Å². The predicted octanol–water partition coefficient (Wildman–Crippen LogP) is 0.483. The van der Waals surface area contributed by atoms with Crippen molar-refractivity contribution in [2.45, 2.75) is 37.4 Å². The molecule has 2 amide bonds. The number of ether oxygens (including phenoxy) is 1. The molecule has 3 fully saturated rings. The van der Waals surface area contributed by atoms with Crippen LogP contribution in [0.3, 0.4) is 0 Å². The van der Waals surface area contributed by atoms with Crippen LogP contribution >= 0.6 is 0 Å². The summed E-state index contributed by atoms with van der Waals surface area (Å²) in [7, 11) is 0. The highest BCUT2D eigenvalue weighted by Gasteiger charge is 2.38. The lowest BCUT2D eigenvalue weighted by atomic mass is 9.92.